The lowest BCUT2D eigenvalue weighted by Gasteiger charge is -2.11. The Morgan fingerprint density at radius 3 is 2.73 bits per heavy atom. The number of H-pyrrole nitrogens is 2. The maximum Gasteiger partial charge on any atom is 0.226 e. The van der Waals surface area contributed by atoms with Gasteiger partial charge < -0.3 is 16.0 Å². The second-order valence-electron chi connectivity index (χ2n) is 9.01. The molecule has 5 aromatic rings. The van der Waals surface area contributed by atoms with E-state index in [0.717, 1.165) is 50.8 Å². The van der Waals surface area contributed by atoms with Gasteiger partial charge in [-0.25, -0.2) is 9.97 Å². The van der Waals surface area contributed by atoms with E-state index in [1.165, 1.54) is 6.20 Å². The number of pyridine rings is 2. The van der Waals surface area contributed by atoms with E-state index in [2.05, 4.69) is 30.5 Å². The minimum atomic E-state index is -0.150. The number of carbonyl (C=O) groups is 1. The number of fused-ring (bicyclic) bond motifs is 2. The van der Waals surface area contributed by atoms with Gasteiger partial charge in [-0.15, -0.1) is 0 Å². The third-order valence-electron chi connectivity index (χ3n) is 6.20. The number of amides is 1. The highest BCUT2D eigenvalue weighted by Gasteiger charge is 2.16. The number of hydrogen-bond acceptors (Lipinski definition) is 6. The number of imidazole rings is 1. The molecule has 0 aliphatic heterocycles. The third-order valence-corrected chi connectivity index (χ3v) is 6.20. The molecule has 5 rings (SSSR count). The first-order chi connectivity index (χ1) is 18.0. The van der Waals surface area contributed by atoms with E-state index < -0.39 is 0 Å². The summed E-state index contributed by atoms with van der Waals surface area (Å²) in [7, 11) is 0. The van der Waals surface area contributed by atoms with Crippen molar-refractivity contribution in [2.24, 2.45) is 11.7 Å². The molecule has 0 saturated heterocycles. The number of nitrogens with zero attached hydrogens (tertiary/aromatic N) is 4. The van der Waals surface area contributed by atoms with E-state index in [1.54, 1.807) is 18.6 Å². The zero-order chi connectivity index (χ0) is 25.9. The van der Waals surface area contributed by atoms with Crippen molar-refractivity contribution in [3.63, 3.8) is 0 Å². The van der Waals surface area contributed by atoms with Gasteiger partial charge in [-0.2, -0.15) is 5.10 Å². The van der Waals surface area contributed by atoms with Crippen LogP contribution in [0, 0.1) is 5.92 Å². The Morgan fingerprint density at radius 2 is 2.00 bits per heavy atom. The molecule has 4 aromatic heterocycles. The van der Waals surface area contributed by atoms with E-state index in [4.69, 9.17) is 10.7 Å². The lowest BCUT2D eigenvalue weighted by molar-refractivity contribution is -0.123. The van der Waals surface area contributed by atoms with Gasteiger partial charge in [0.25, 0.3) is 0 Å². The predicted octanol–water partition coefficient (Wildman–Crippen LogP) is 4.93. The highest BCUT2D eigenvalue weighted by Crippen LogP contribution is 2.32. The smallest absolute Gasteiger partial charge is 0.226 e. The molecule has 1 amide bonds. The van der Waals surface area contributed by atoms with Crippen LogP contribution in [0.15, 0.2) is 73.0 Å². The number of aromatic amines is 2. The first-order valence-electron chi connectivity index (χ1n) is 12.2. The van der Waals surface area contributed by atoms with Gasteiger partial charge in [0, 0.05) is 36.3 Å². The number of para-hydroxylation sites is 1. The van der Waals surface area contributed by atoms with Gasteiger partial charge in [0.2, 0.25) is 5.91 Å². The summed E-state index contributed by atoms with van der Waals surface area (Å²) in [5.74, 6) is 0.430. The van der Waals surface area contributed by atoms with Gasteiger partial charge in [-0.3, -0.25) is 14.9 Å². The molecule has 1 aromatic carbocycles. The highest BCUT2D eigenvalue weighted by atomic mass is 16.1. The maximum atomic E-state index is 12.2. The van der Waals surface area contributed by atoms with E-state index in [-0.39, 0.29) is 11.8 Å². The Labute approximate surface area is 213 Å². The van der Waals surface area contributed by atoms with Crippen LogP contribution in [0.4, 0.5) is 0 Å². The molecule has 0 saturated carbocycles. The quantitative estimate of drug-likeness (QED) is 0.238. The molecule has 0 aliphatic carbocycles. The molecular formula is C28H28N8O. The second kappa shape index (κ2) is 10.1. The van der Waals surface area contributed by atoms with Crippen molar-refractivity contribution in [1.29, 1.82) is 0 Å². The summed E-state index contributed by atoms with van der Waals surface area (Å²) in [5.41, 5.74) is 13.4. The summed E-state index contributed by atoms with van der Waals surface area (Å²) < 4.78 is 0. The average Bonchev–Trinajstić information content (AvgIpc) is 3.54. The van der Waals surface area contributed by atoms with E-state index >= 15 is 0 Å². The summed E-state index contributed by atoms with van der Waals surface area (Å²) >= 11 is 0. The van der Waals surface area contributed by atoms with Crippen LogP contribution >= 0.6 is 0 Å². The van der Waals surface area contributed by atoms with Crippen LogP contribution < -0.4 is 11.1 Å². The summed E-state index contributed by atoms with van der Waals surface area (Å²) in [6.07, 6.45) is 9.33. The Balaban J connectivity index is 1.56. The van der Waals surface area contributed by atoms with Crippen LogP contribution in [0.5, 0.6) is 0 Å². The molecule has 0 bridgehead atoms. The van der Waals surface area contributed by atoms with Crippen molar-refractivity contribution in [3.05, 3.63) is 78.5 Å². The van der Waals surface area contributed by atoms with Crippen molar-refractivity contribution in [1.82, 2.24) is 35.5 Å². The monoisotopic (exact) mass is 492 g/mol. The van der Waals surface area contributed by atoms with Crippen LogP contribution in [0.3, 0.4) is 0 Å². The fourth-order valence-electron chi connectivity index (χ4n) is 4.16. The minimum absolute atomic E-state index is 0.0925. The summed E-state index contributed by atoms with van der Waals surface area (Å²) in [5, 5.41) is 11.2. The largest absolute Gasteiger partial charge is 0.403 e. The van der Waals surface area contributed by atoms with E-state index in [0.29, 0.717) is 17.2 Å². The van der Waals surface area contributed by atoms with Crippen LogP contribution in [0.25, 0.3) is 50.3 Å². The van der Waals surface area contributed by atoms with Crippen molar-refractivity contribution in [3.8, 4) is 22.6 Å². The number of nitrogens with one attached hydrogen (secondary N) is 3. The average molecular weight is 493 g/mol. The lowest BCUT2D eigenvalue weighted by Crippen LogP contribution is -2.27. The zero-order valence-electron chi connectivity index (χ0n) is 20.9. The van der Waals surface area contributed by atoms with Gasteiger partial charge in [0.15, 0.2) is 11.5 Å². The van der Waals surface area contributed by atoms with Crippen LogP contribution in [-0.4, -0.2) is 36.0 Å². The molecule has 0 fully saturated rings. The first kappa shape index (κ1) is 23.9. The van der Waals surface area contributed by atoms with Gasteiger partial charge in [0.05, 0.1) is 22.1 Å². The van der Waals surface area contributed by atoms with Gasteiger partial charge in [0.1, 0.15) is 5.69 Å². The number of aromatic nitrogens is 6. The Kier molecular flexibility index (Phi) is 6.51. The summed E-state index contributed by atoms with van der Waals surface area (Å²) in [4.78, 5) is 29.2. The second-order valence-corrected chi connectivity index (χ2v) is 9.01. The molecule has 0 radical (unpaired) electrons. The minimum Gasteiger partial charge on any atom is -0.403 e. The SMILES string of the molecule is CC/C(=C\C(=C/N)NC(=O)C(C)C)c1cnc2n[nH]c(-c3nc4c(-c5ccncc5)cccc4[nH]3)c2c1. The first-order valence-corrected chi connectivity index (χ1v) is 12.2. The lowest BCUT2D eigenvalue weighted by atomic mass is 10.0. The number of rotatable bonds is 7. The number of nitrogens with two attached hydrogens (primary N) is 1. The van der Waals surface area contributed by atoms with Crippen molar-refractivity contribution in [2.45, 2.75) is 27.2 Å². The fourth-order valence-corrected chi connectivity index (χ4v) is 4.16. The molecule has 186 valence electrons. The molecule has 9 heteroatoms. The molecule has 0 unspecified atom stereocenters. The molecule has 37 heavy (non-hydrogen) atoms. The van der Waals surface area contributed by atoms with E-state index in [1.807, 2.05) is 63.2 Å². The third kappa shape index (κ3) is 4.71. The number of hydrogen-bond donors (Lipinski definition) is 4. The molecular weight excluding hydrogens is 464 g/mol. The predicted molar refractivity (Wildman–Crippen MR) is 146 cm³/mol. The van der Waals surface area contributed by atoms with Crippen LogP contribution in [-0.2, 0) is 4.79 Å². The van der Waals surface area contributed by atoms with E-state index in [9.17, 15) is 4.79 Å². The Bertz CT molecular complexity index is 1640. The maximum absolute atomic E-state index is 12.2. The van der Waals surface area contributed by atoms with Gasteiger partial charge in [-0.05, 0) is 53.5 Å². The van der Waals surface area contributed by atoms with Crippen LogP contribution in [0.2, 0.25) is 0 Å². The van der Waals surface area contributed by atoms with Crippen molar-refractivity contribution >= 4 is 33.5 Å². The number of carbonyl (C=O) groups excluding carboxylic acids is 1. The fraction of sp³-hybridized carbons (Fsp3) is 0.179. The molecule has 0 spiro atoms. The number of allylic oxidation sites excluding steroid dienone is 2. The van der Waals surface area contributed by atoms with Crippen LogP contribution in [0.1, 0.15) is 32.8 Å². The molecule has 0 aliphatic rings. The normalized spacial score (nSPS) is 12.5. The van der Waals surface area contributed by atoms with Gasteiger partial charge >= 0.3 is 0 Å². The Morgan fingerprint density at radius 1 is 1.19 bits per heavy atom. The topological polar surface area (TPSA) is 138 Å². The van der Waals surface area contributed by atoms with Gasteiger partial charge in [-0.1, -0.05) is 32.9 Å². The zero-order valence-corrected chi connectivity index (χ0v) is 20.9. The standard InChI is InChI=1S/C28H28N8O/c1-4-17(12-20(14-29)32-28(37)16(2)3)19-13-22-25(35-36-26(22)31-15-19)27-33-23-7-5-6-21(24(23)34-27)18-8-10-30-11-9-18/h5-16H,4,29H2,1-3H3,(H,32,37)(H,33,34)(H,31,35,36)/b17-12+,20-14+. The summed E-state index contributed by atoms with van der Waals surface area (Å²) in [6.45, 7) is 5.72. The Hall–Kier alpha value is -4.79. The highest BCUT2D eigenvalue weighted by molar-refractivity contribution is 5.97. The molecule has 9 nitrogen and oxygen atoms in total. The van der Waals surface area contributed by atoms with Crippen molar-refractivity contribution in [2.75, 3.05) is 0 Å². The molecule has 0 atom stereocenters. The molecule has 4 heterocycles. The molecule has 5 N–H and O–H groups in total. The van der Waals surface area contributed by atoms with Crippen molar-refractivity contribution < 1.29 is 4.79 Å². The summed E-state index contributed by atoms with van der Waals surface area (Å²) in [6, 6.07) is 12.0. The number of benzene rings is 1.